The molecular formula is C24H30ClF3N2O4. The Kier molecular flexibility index (Phi) is 11.3. The number of rotatable bonds is 11. The van der Waals surface area contributed by atoms with Crippen LogP contribution >= 0.6 is 12.4 Å². The van der Waals surface area contributed by atoms with Crippen LogP contribution in [-0.4, -0.2) is 51.0 Å². The van der Waals surface area contributed by atoms with Crippen molar-refractivity contribution in [2.24, 2.45) is 0 Å². The Morgan fingerprint density at radius 3 is 2.47 bits per heavy atom. The number of amides is 1. The Morgan fingerprint density at radius 2 is 1.76 bits per heavy atom. The molecule has 1 aliphatic heterocycles. The number of nitrogens with one attached hydrogen (secondary N) is 2. The first kappa shape index (κ1) is 27.6. The van der Waals surface area contributed by atoms with Crippen molar-refractivity contribution in [1.29, 1.82) is 0 Å². The quantitative estimate of drug-likeness (QED) is 0.433. The summed E-state index contributed by atoms with van der Waals surface area (Å²) in [6.45, 7) is 0.598. The van der Waals surface area contributed by atoms with Gasteiger partial charge in [-0.2, -0.15) is 13.2 Å². The van der Waals surface area contributed by atoms with E-state index in [1.165, 1.54) is 18.2 Å². The van der Waals surface area contributed by atoms with Gasteiger partial charge in [-0.15, -0.1) is 12.4 Å². The third-order valence-corrected chi connectivity index (χ3v) is 5.08. The van der Waals surface area contributed by atoms with Gasteiger partial charge in [0.05, 0.1) is 18.8 Å². The molecule has 0 aliphatic carbocycles. The molecule has 1 saturated heterocycles. The Hall–Kier alpha value is -2.65. The third kappa shape index (κ3) is 9.69. The first-order valence-corrected chi connectivity index (χ1v) is 11.1. The Balaban J connectivity index is 0.00000408. The molecule has 188 valence electrons. The zero-order valence-electron chi connectivity index (χ0n) is 18.7. The summed E-state index contributed by atoms with van der Waals surface area (Å²) < 4.78 is 53.7. The highest BCUT2D eigenvalue weighted by atomic mass is 35.5. The van der Waals surface area contributed by atoms with E-state index in [-0.39, 0.29) is 42.1 Å². The molecule has 2 aromatic rings. The molecule has 1 unspecified atom stereocenters. The summed E-state index contributed by atoms with van der Waals surface area (Å²) in [5.74, 6) is 0.562. The molecular weight excluding hydrogens is 473 g/mol. The zero-order chi connectivity index (χ0) is 23.5. The smallest absolute Gasteiger partial charge is 0.422 e. The first-order valence-electron chi connectivity index (χ1n) is 11.1. The van der Waals surface area contributed by atoms with Crippen LogP contribution in [0.25, 0.3) is 0 Å². The van der Waals surface area contributed by atoms with E-state index in [1.807, 2.05) is 30.3 Å². The van der Waals surface area contributed by atoms with E-state index in [9.17, 15) is 18.0 Å². The van der Waals surface area contributed by atoms with Crippen LogP contribution in [0.2, 0.25) is 0 Å². The summed E-state index contributed by atoms with van der Waals surface area (Å²) >= 11 is 0. The molecule has 34 heavy (non-hydrogen) atoms. The van der Waals surface area contributed by atoms with Gasteiger partial charge in [0.1, 0.15) is 17.2 Å². The molecule has 2 N–H and O–H groups in total. The molecule has 0 bridgehead atoms. The fraction of sp³-hybridized carbons (Fsp3) is 0.458. The minimum absolute atomic E-state index is 0. The van der Waals surface area contributed by atoms with Crippen LogP contribution in [0.5, 0.6) is 17.2 Å². The van der Waals surface area contributed by atoms with Gasteiger partial charge in [0.25, 0.3) is 5.91 Å². The van der Waals surface area contributed by atoms with Crippen molar-refractivity contribution in [3.63, 3.8) is 0 Å². The normalized spacial score (nSPS) is 15.7. The molecule has 3 rings (SSSR count). The van der Waals surface area contributed by atoms with Gasteiger partial charge >= 0.3 is 6.18 Å². The van der Waals surface area contributed by atoms with E-state index in [0.29, 0.717) is 19.6 Å². The minimum atomic E-state index is -4.47. The van der Waals surface area contributed by atoms with Gasteiger partial charge in [-0.05, 0) is 49.7 Å². The molecule has 1 atom stereocenters. The number of piperidine rings is 1. The van der Waals surface area contributed by atoms with E-state index in [1.54, 1.807) is 0 Å². The van der Waals surface area contributed by atoms with E-state index >= 15 is 0 Å². The van der Waals surface area contributed by atoms with Gasteiger partial charge in [-0.3, -0.25) is 4.79 Å². The largest absolute Gasteiger partial charge is 0.493 e. The first-order chi connectivity index (χ1) is 15.9. The van der Waals surface area contributed by atoms with Crippen molar-refractivity contribution >= 4 is 18.3 Å². The Morgan fingerprint density at radius 1 is 1.00 bits per heavy atom. The number of halogens is 4. The highest BCUT2D eigenvalue weighted by Crippen LogP contribution is 2.26. The molecule has 1 aliphatic rings. The maximum Gasteiger partial charge on any atom is 0.422 e. The van der Waals surface area contributed by atoms with Crippen LogP contribution in [0.3, 0.4) is 0 Å². The van der Waals surface area contributed by atoms with Crippen LogP contribution in [-0.2, 0) is 0 Å². The van der Waals surface area contributed by atoms with Crippen molar-refractivity contribution in [3.8, 4) is 17.2 Å². The summed E-state index contributed by atoms with van der Waals surface area (Å²) in [5, 5.41) is 6.19. The summed E-state index contributed by atoms with van der Waals surface area (Å²) in [6.07, 6.45) is -0.750. The van der Waals surface area contributed by atoms with Gasteiger partial charge in [0.15, 0.2) is 6.61 Å². The highest BCUT2D eigenvalue weighted by Gasteiger charge is 2.28. The van der Waals surface area contributed by atoms with Gasteiger partial charge in [-0.1, -0.05) is 24.6 Å². The lowest BCUT2D eigenvalue weighted by Crippen LogP contribution is -2.43. The lowest BCUT2D eigenvalue weighted by Gasteiger charge is -2.24. The molecule has 1 fully saturated rings. The number of carbonyl (C=O) groups is 1. The van der Waals surface area contributed by atoms with Crippen molar-refractivity contribution < 1.29 is 32.2 Å². The molecule has 0 aromatic heterocycles. The second-order valence-electron chi connectivity index (χ2n) is 7.78. The predicted octanol–water partition coefficient (Wildman–Crippen LogP) is 4.77. The van der Waals surface area contributed by atoms with Crippen LogP contribution < -0.4 is 24.8 Å². The summed E-state index contributed by atoms with van der Waals surface area (Å²) in [5.41, 5.74) is 0.134. The van der Waals surface area contributed by atoms with Gasteiger partial charge in [0.2, 0.25) is 0 Å². The average Bonchev–Trinajstić information content (AvgIpc) is 2.82. The number of alkyl halides is 3. The predicted molar refractivity (Wildman–Crippen MR) is 125 cm³/mol. The summed E-state index contributed by atoms with van der Waals surface area (Å²) in [7, 11) is 0. The molecule has 0 spiro atoms. The number of hydrogen-bond acceptors (Lipinski definition) is 5. The lowest BCUT2D eigenvalue weighted by atomic mass is 10.0. The molecule has 6 nitrogen and oxygen atoms in total. The summed E-state index contributed by atoms with van der Waals surface area (Å²) in [6, 6.07) is 13.6. The zero-order valence-corrected chi connectivity index (χ0v) is 19.6. The molecule has 10 heteroatoms. The van der Waals surface area contributed by atoms with Crippen LogP contribution in [0.4, 0.5) is 13.2 Å². The van der Waals surface area contributed by atoms with E-state index < -0.39 is 18.7 Å². The lowest BCUT2D eigenvalue weighted by molar-refractivity contribution is -0.153. The van der Waals surface area contributed by atoms with Crippen LogP contribution in [0, 0.1) is 0 Å². The van der Waals surface area contributed by atoms with Crippen molar-refractivity contribution in [3.05, 3.63) is 54.1 Å². The summed E-state index contributed by atoms with van der Waals surface area (Å²) in [4.78, 5) is 12.8. The fourth-order valence-electron chi connectivity index (χ4n) is 3.42. The SMILES string of the molecule is Cl.O=C(NCC1CCCCN1)c1cc(OCC(F)(F)F)ccc1OCCCOc1ccccc1. The Bertz CT molecular complexity index is 878. The number of para-hydroxylation sites is 1. The van der Waals surface area contributed by atoms with E-state index in [0.717, 1.165) is 31.6 Å². The molecule has 0 saturated carbocycles. The number of hydrogen-bond donors (Lipinski definition) is 2. The van der Waals surface area contributed by atoms with Crippen molar-refractivity contribution in [1.82, 2.24) is 10.6 Å². The maximum absolute atomic E-state index is 12.8. The highest BCUT2D eigenvalue weighted by molar-refractivity contribution is 5.97. The molecule has 2 aromatic carbocycles. The number of carbonyl (C=O) groups excluding carboxylic acids is 1. The minimum Gasteiger partial charge on any atom is -0.493 e. The molecule has 1 amide bonds. The molecule has 0 radical (unpaired) electrons. The number of benzene rings is 2. The monoisotopic (exact) mass is 502 g/mol. The fourth-order valence-corrected chi connectivity index (χ4v) is 3.42. The average molecular weight is 503 g/mol. The van der Waals surface area contributed by atoms with Crippen LogP contribution in [0.15, 0.2) is 48.5 Å². The van der Waals surface area contributed by atoms with Crippen molar-refractivity contribution in [2.45, 2.75) is 37.9 Å². The van der Waals surface area contributed by atoms with Gasteiger partial charge < -0.3 is 24.8 Å². The Labute approximate surface area is 203 Å². The topological polar surface area (TPSA) is 68.8 Å². The second-order valence-corrected chi connectivity index (χ2v) is 7.78. The number of ether oxygens (including phenoxy) is 3. The maximum atomic E-state index is 12.8. The van der Waals surface area contributed by atoms with Gasteiger partial charge in [0, 0.05) is 19.0 Å². The standard InChI is InChI=1S/C24H29F3N2O4.ClH/c25-24(26,27)17-33-20-10-11-22(32-14-6-13-31-19-8-2-1-3-9-19)21(15-20)23(30)29-16-18-7-4-5-12-28-18;/h1-3,8-11,15,18,28H,4-7,12-14,16-17H2,(H,29,30);1H. The molecule has 1 heterocycles. The van der Waals surface area contributed by atoms with Gasteiger partial charge in [-0.25, -0.2) is 0 Å². The second kappa shape index (κ2) is 13.9. The van der Waals surface area contributed by atoms with E-state index in [2.05, 4.69) is 10.6 Å². The van der Waals surface area contributed by atoms with Crippen LogP contribution in [0.1, 0.15) is 36.0 Å². The van der Waals surface area contributed by atoms with Crippen molar-refractivity contribution in [2.75, 3.05) is 32.9 Å². The third-order valence-electron chi connectivity index (χ3n) is 5.08. The van der Waals surface area contributed by atoms with E-state index in [4.69, 9.17) is 14.2 Å².